The van der Waals surface area contributed by atoms with Gasteiger partial charge in [-0.3, -0.25) is 4.79 Å². The highest BCUT2D eigenvalue weighted by molar-refractivity contribution is 5.67. The lowest BCUT2D eigenvalue weighted by Crippen LogP contribution is -1.98. The van der Waals surface area contributed by atoms with Gasteiger partial charge in [-0.05, 0) is 23.8 Å². The molecule has 0 fully saturated rings. The number of nitrogens with zero attached hydrogens (tertiary/aromatic N) is 1. The summed E-state index contributed by atoms with van der Waals surface area (Å²) in [6, 6.07) is 11.7. The lowest BCUT2D eigenvalue weighted by Gasteiger charge is -1.99. The minimum absolute atomic E-state index is 0.00174. The summed E-state index contributed by atoms with van der Waals surface area (Å²) in [5.41, 5.74) is 0.683. The van der Waals surface area contributed by atoms with Crippen LogP contribution in [0, 0.1) is 11.3 Å². The van der Waals surface area contributed by atoms with E-state index in [2.05, 4.69) is 0 Å². The molecule has 1 aromatic heterocycles. The molecule has 1 heterocycles. The van der Waals surface area contributed by atoms with E-state index in [9.17, 15) is 4.79 Å². The first kappa shape index (κ1) is 12.7. The van der Waals surface area contributed by atoms with E-state index >= 15 is 0 Å². The van der Waals surface area contributed by atoms with Crippen molar-refractivity contribution in [2.24, 2.45) is 0 Å². The van der Waals surface area contributed by atoms with E-state index in [4.69, 9.17) is 14.4 Å². The average Bonchev–Trinajstić information content (AvgIpc) is 2.45. The Morgan fingerprint density at radius 2 is 1.95 bits per heavy atom. The molecule has 0 aliphatic carbocycles. The lowest BCUT2D eigenvalue weighted by molar-refractivity contribution is 0.415. The minimum Gasteiger partial charge on any atom is -0.497 e. The largest absolute Gasteiger partial charge is 0.497 e. The van der Waals surface area contributed by atoms with E-state index in [0.29, 0.717) is 5.76 Å². The minimum atomic E-state index is -0.253. The van der Waals surface area contributed by atoms with Gasteiger partial charge >= 0.3 is 0 Å². The van der Waals surface area contributed by atoms with Crippen molar-refractivity contribution in [3.05, 3.63) is 63.7 Å². The van der Waals surface area contributed by atoms with Gasteiger partial charge in [-0.2, -0.15) is 5.26 Å². The maximum atomic E-state index is 11.3. The lowest BCUT2D eigenvalue weighted by atomic mass is 10.2. The van der Waals surface area contributed by atoms with Crippen molar-refractivity contribution in [3.63, 3.8) is 0 Å². The van der Waals surface area contributed by atoms with Crippen LogP contribution < -0.4 is 10.2 Å². The third-order valence-electron chi connectivity index (χ3n) is 2.45. The van der Waals surface area contributed by atoms with Crippen molar-refractivity contribution >= 4 is 12.2 Å². The van der Waals surface area contributed by atoms with E-state index in [-0.39, 0.29) is 11.2 Å². The Hall–Kier alpha value is -2.80. The molecule has 0 bridgehead atoms. The zero-order valence-electron chi connectivity index (χ0n) is 10.3. The summed E-state index contributed by atoms with van der Waals surface area (Å²) in [4.78, 5) is 11.3. The van der Waals surface area contributed by atoms with E-state index in [1.807, 2.05) is 24.3 Å². The summed E-state index contributed by atoms with van der Waals surface area (Å²) in [5.74, 6) is 1.12. The summed E-state index contributed by atoms with van der Waals surface area (Å²) < 4.78 is 10.3. The first-order valence-electron chi connectivity index (χ1n) is 5.59. The average molecular weight is 253 g/mol. The van der Waals surface area contributed by atoms with Crippen LogP contribution in [-0.4, -0.2) is 7.11 Å². The molecule has 0 spiro atoms. The van der Waals surface area contributed by atoms with Crippen LogP contribution in [0.15, 0.2) is 45.6 Å². The van der Waals surface area contributed by atoms with E-state index < -0.39 is 0 Å². The molecule has 94 valence electrons. The Labute approximate surface area is 110 Å². The zero-order valence-corrected chi connectivity index (χ0v) is 10.3. The van der Waals surface area contributed by atoms with Crippen LogP contribution in [0.25, 0.3) is 12.2 Å². The number of hydrogen-bond acceptors (Lipinski definition) is 4. The number of rotatable bonds is 3. The molecule has 0 aliphatic rings. The van der Waals surface area contributed by atoms with Gasteiger partial charge in [0, 0.05) is 12.1 Å². The van der Waals surface area contributed by atoms with Crippen LogP contribution in [0.2, 0.25) is 0 Å². The molecule has 1 aromatic carbocycles. The molecule has 0 amide bonds. The summed E-state index contributed by atoms with van der Waals surface area (Å²) >= 11 is 0. The smallest absolute Gasteiger partial charge is 0.207 e. The Kier molecular flexibility index (Phi) is 3.79. The molecule has 2 rings (SSSR count). The Morgan fingerprint density at radius 3 is 2.58 bits per heavy atom. The van der Waals surface area contributed by atoms with E-state index in [1.54, 1.807) is 25.3 Å². The highest BCUT2D eigenvalue weighted by Gasteiger charge is 1.98. The van der Waals surface area contributed by atoms with Crippen LogP contribution in [0.5, 0.6) is 5.75 Å². The van der Waals surface area contributed by atoms with Gasteiger partial charge in [0.05, 0.1) is 7.11 Å². The van der Waals surface area contributed by atoms with Gasteiger partial charge in [0.25, 0.3) is 0 Å². The van der Waals surface area contributed by atoms with Crippen molar-refractivity contribution in [3.8, 4) is 11.8 Å². The Morgan fingerprint density at radius 1 is 1.21 bits per heavy atom. The first-order valence-corrected chi connectivity index (χ1v) is 5.59. The molecule has 2 aromatic rings. The van der Waals surface area contributed by atoms with Gasteiger partial charge in [0.2, 0.25) is 5.76 Å². The van der Waals surface area contributed by atoms with Crippen molar-refractivity contribution in [2.75, 3.05) is 7.11 Å². The monoisotopic (exact) mass is 253 g/mol. The molecule has 0 saturated heterocycles. The molecular weight excluding hydrogens is 242 g/mol. The molecule has 4 nitrogen and oxygen atoms in total. The summed E-state index contributed by atoms with van der Waals surface area (Å²) in [7, 11) is 1.60. The highest BCUT2D eigenvalue weighted by atomic mass is 16.5. The number of ether oxygens (including phenoxy) is 1. The Bertz CT molecular complexity index is 691. The second kappa shape index (κ2) is 5.69. The number of benzene rings is 1. The topological polar surface area (TPSA) is 63.2 Å². The molecule has 19 heavy (non-hydrogen) atoms. The molecule has 0 N–H and O–H groups in total. The standard InChI is InChI=1S/C15H11NO3/c1-18-13-5-2-11(3-6-13)4-7-14-8-12(17)9-15(10-16)19-14/h2-9H,1H3/b7-4+. The highest BCUT2D eigenvalue weighted by Crippen LogP contribution is 2.13. The van der Waals surface area contributed by atoms with Gasteiger partial charge in [0.1, 0.15) is 17.6 Å². The molecule has 4 heteroatoms. The molecule has 0 radical (unpaired) electrons. The zero-order chi connectivity index (χ0) is 13.7. The van der Waals surface area contributed by atoms with Gasteiger partial charge in [0.15, 0.2) is 5.43 Å². The van der Waals surface area contributed by atoms with Crippen molar-refractivity contribution in [2.45, 2.75) is 0 Å². The molecule has 0 saturated carbocycles. The maximum Gasteiger partial charge on any atom is 0.207 e. The third kappa shape index (κ3) is 3.33. The summed E-state index contributed by atoms with van der Waals surface area (Å²) in [6.07, 6.45) is 3.43. The van der Waals surface area contributed by atoms with E-state index in [0.717, 1.165) is 17.4 Å². The van der Waals surface area contributed by atoms with Crippen LogP contribution in [0.1, 0.15) is 17.1 Å². The number of hydrogen-bond donors (Lipinski definition) is 0. The van der Waals surface area contributed by atoms with Crippen molar-refractivity contribution in [1.82, 2.24) is 0 Å². The third-order valence-corrected chi connectivity index (χ3v) is 2.45. The maximum absolute atomic E-state index is 11.3. The fraction of sp³-hybridized carbons (Fsp3) is 0.0667. The van der Waals surface area contributed by atoms with Gasteiger partial charge < -0.3 is 9.15 Å². The predicted molar refractivity (Wildman–Crippen MR) is 71.6 cm³/mol. The second-order valence-corrected chi connectivity index (χ2v) is 3.78. The van der Waals surface area contributed by atoms with Gasteiger partial charge in [-0.15, -0.1) is 0 Å². The van der Waals surface area contributed by atoms with Crippen LogP contribution in [-0.2, 0) is 0 Å². The summed E-state index contributed by atoms with van der Waals surface area (Å²) in [5, 5.41) is 8.71. The van der Waals surface area contributed by atoms with Gasteiger partial charge in [-0.1, -0.05) is 18.2 Å². The second-order valence-electron chi connectivity index (χ2n) is 3.78. The number of methoxy groups -OCH3 is 1. The van der Waals surface area contributed by atoms with Crippen LogP contribution >= 0.6 is 0 Å². The number of nitriles is 1. The predicted octanol–water partition coefficient (Wildman–Crippen LogP) is 2.69. The first-order chi connectivity index (χ1) is 9.21. The quantitative estimate of drug-likeness (QED) is 0.843. The van der Waals surface area contributed by atoms with Crippen molar-refractivity contribution in [1.29, 1.82) is 5.26 Å². The van der Waals surface area contributed by atoms with Crippen LogP contribution in [0.4, 0.5) is 0 Å². The molecule has 0 atom stereocenters. The van der Waals surface area contributed by atoms with Crippen molar-refractivity contribution < 1.29 is 9.15 Å². The fourth-order valence-corrected chi connectivity index (χ4v) is 1.53. The Balaban J connectivity index is 2.24. The van der Waals surface area contributed by atoms with E-state index in [1.165, 1.54) is 6.07 Å². The molecule has 0 unspecified atom stereocenters. The SMILES string of the molecule is COc1ccc(/C=C/c2cc(=O)cc(C#N)o2)cc1. The van der Waals surface area contributed by atoms with Gasteiger partial charge in [-0.25, -0.2) is 0 Å². The van der Waals surface area contributed by atoms with Crippen LogP contribution in [0.3, 0.4) is 0 Å². The summed E-state index contributed by atoms with van der Waals surface area (Å²) in [6.45, 7) is 0. The fourth-order valence-electron chi connectivity index (χ4n) is 1.53. The molecular formula is C15H11NO3. The normalized spacial score (nSPS) is 10.3. The molecule has 0 aliphatic heterocycles.